The van der Waals surface area contributed by atoms with E-state index in [1.54, 1.807) is 0 Å². The van der Waals surface area contributed by atoms with Crippen LogP contribution in [0, 0.1) is 0 Å². The Balaban J connectivity index is 2.16. The molecule has 1 aromatic heterocycles. The van der Waals surface area contributed by atoms with E-state index in [2.05, 4.69) is 41.4 Å². The molecule has 19 heavy (non-hydrogen) atoms. The zero-order valence-electron chi connectivity index (χ0n) is 12.1. The Morgan fingerprint density at radius 1 is 1.32 bits per heavy atom. The van der Waals surface area contributed by atoms with E-state index >= 15 is 0 Å². The minimum atomic E-state index is -0.0267. The van der Waals surface area contributed by atoms with Crippen molar-refractivity contribution in [2.45, 2.75) is 45.6 Å². The second-order valence-corrected chi connectivity index (χ2v) is 5.28. The van der Waals surface area contributed by atoms with Crippen molar-refractivity contribution in [3.63, 3.8) is 0 Å². The van der Waals surface area contributed by atoms with Crippen LogP contribution in [0.4, 0.5) is 11.6 Å². The standard InChI is InChI=1S/C14H24N4O/c1-4-11-16-12(15-5-2)9-13(17-11)18-14(3)7-6-8-19-10-14/h9H,4-8,10H2,1-3H3,(H2,15,16,17,18). The topological polar surface area (TPSA) is 59.1 Å². The fourth-order valence-corrected chi connectivity index (χ4v) is 2.33. The van der Waals surface area contributed by atoms with Gasteiger partial charge in [0.1, 0.15) is 17.5 Å². The van der Waals surface area contributed by atoms with E-state index in [-0.39, 0.29) is 5.54 Å². The van der Waals surface area contributed by atoms with E-state index in [1.165, 1.54) is 0 Å². The number of rotatable bonds is 5. The van der Waals surface area contributed by atoms with Crippen molar-refractivity contribution in [2.24, 2.45) is 0 Å². The minimum Gasteiger partial charge on any atom is -0.379 e. The van der Waals surface area contributed by atoms with Gasteiger partial charge in [-0.1, -0.05) is 6.92 Å². The highest BCUT2D eigenvalue weighted by Crippen LogP contribution is 2.24. The van der Waals surface area contributed by atoms with Crippen LogP contribution in [0.25, 0.3) is 0 Å². The first kappa shape index (κ1) is 14.1. The average Bonchev–Trinajstić information content (AvgIpc) is 2.39. The number of aromatic nitrogens is 2. The van der Waals surface area contributed by atoms with Crippen molar-refractivity contribution in [1.82, 2.24) is 9.97 Å². The highest BCUT2D eigenvalue weighted by atomic mass is 16.5. The molecule has 106 valence electrons. The van der Waals surface area contributed by atoms with E-state index in [1.807, 2.05) is 6.07 Å². The Kier molecular flexibility index (Phi) is 4.58. The van der Waals surface area contributed by atoms with Crippen molar-refractivity contribution >= 4 is 11.6 Å². The molecular formula is C14H24N4O. The monoisotopic (exact) mass is 264 g/mol. The third-order valence-corrected chi connectivity index (χ3v) is 3.31. The molecule has 2 rings (SSSR count). The highest BCUT2D eigenvalue weighted by molar-refractivity contribution is 5.49. The molecule has 0 aliphatic carbocycles. The van der Waals surface area contributed by atoms with Crippen LogP contribution in [0.1, 0.15) is 39.4 Å². The van der Waals surface area contributed by atoms with Gasteiger partial charge < -0.3 is 15.4 Å². The molecule has 1 atom stereocenters. The quantitative estimate of drug-likeness (QED) is 0.855. The molecule has 1 aliphatic rings. The van der Waals surface area contributed by atoms with Gasteiger partial charge in [-0.15, -0.1) is 0 Å². The third kappa shape index (κ3) is 3.80. The van der Waals surface area contributed by atoms with Crippen molar-refractivity contribution in [2.75, 3.05) is 30.4 Å². The number of nitrogens with one attached hydrogen (secondary N) is 2. The lowest BCUT2D eigenvalue weighted by atomic mass is 9.95. The van der Waals surface area contributed by atoms with E-state index in [4.69, 9.17) is 4.74 Å². The summed E-state index contributed by atoms with van der Waals surface area (Å²) in [4.78, 5) is 9.02. The lowest BCUT2D eigenvalue weighted by molar-refractivity contribution is 0.0539. The molecule has 2 heterocycles. The maximum Gasteiger partial charge on any atom is 0.132 e. The van der Waals surface area contributed by atoms with Crippen LogP contribution in [0.2, 0.25) is 0 Å². The molecule has 1 aliphatic heterocycles. The van der Waals surface area contributed by atoms with Crippen molar-refractivity contribution in [3.8, 4) is 0 Å². The summed E-state index contributed by atoms with van der Waals surface area (Å²) in [6.07, 6.45) is 3.03. The molecular weight excluding hydrogens is 240 g/mol. The second-order valence-electron chi connectivity index (χ2n) is 5.28. The number of aryl methyl sites for hydroxylation is 1. The first-order valence-electron chi connectivity index (χ1n) is 7.13. The smallest absolute Gasteiger partial charge is 0.132 e. The zero-order chi connectivity index (χ0) is 13.7. The molecule has 0 saturated carbocycles. The van der Waals surface area contributed by atoms with Gasteiger partial charge in [-0.25, -0.2) is 9.97 Å². The summed E-state index contributed by atoms with van der Waals surface area (Å²) in [6, 6.07) is 1.97. The van der Waals surface area contributed by atoms with Crippen LogP contribution in [-0.4, -0.2) is 35.3 Å². The van der Waals surface area contributed by atoms with Gasteiger partial charge in [-0.05, 0) is 26.7 Å². The molecule has 0 aromatic carbocycles. The van der Waals surface area contributed by atoms with Gasteiger partial charge in [0, 0.05) is 25.6 Å². The first-order valence-corrected chi connectivity index (χ1v) is 7.13. The molecule has 1 unspecified atom stereocenters. The molecule has 1 aromatic rings. The van der Waals surface area contributed by atoms with Crippen LogP contribution < -0.4 is 10.6 Å². The number of hydrogen-bond acceptors (Lipinski definition) is 5. The Bertz CT molecular complexity index is 416. The average molecular weight is 264 g/mol. The van der Waals surface area contributed by atoms with Gasteiger partial charge in [-0.2, -0.15) is 0 Å². The van der Waals surface area contributed by atoms with Gasteiger partial charge >= 0.3 is 0 Å². The molecule has 2 N–H and O–H groups in total. The van der Waals surface area contributed by atoms with Gasteiger partial charge in [0.05, 0.1) is 12.1 Å². The minimum absolute atomic E-state index is 0.0267. The maximum absolute atomic E-state index is 5.57. The second kappa shape index (κ2) is 6.19. The Morgan fingerprint density at radius 2 is 2.11 bits per heavy atom. The number of ether oxygens (including phenoxy) is 1. The highest BCUT2D eigenvalue weighted by Gasteiger charge is 2.27. The summed E-state index contributed by atoms with van der Waals surface area (Å²) >= 11 is 0. The van der Waals surface area contributed by atoms with E-state index < -0.39 is 0 Å². The number of hydrogen-bond donors (Lipinski definition) is 2. The van der Waals surface area contributed by atoms with E-state index in [0.717, 1.165) is 56.5 Å². The van der Waals surface area contributed by atoms with Gasteiger partial charge in [0.15, 0.2) is 0 Å². The molecule has 0 spiro atoms. The van der Waals surface area contributed by atoms with Crippen LogP contribution in [0.5, 0.6) is 0 Å². The predicted octanol–water partition coefficient (Wildman–Crippen LogP) is 2.45. The van der Waals surface area contributed by atoms with Crippen LogP contribution in [0.15, 0.2) is 6.07 Å². The summed E-state index contributed by atoms with van der Waals surface area (Å²) in [7, 11) is 0. The summed E-state index contributed by atoms with van der Waals surface area (Å²) < 4.78 is 5.57. The van der Waals surface area contributed by atoms with Crippen molar-refractivity contribution < 1.29 is 4.74 Å². The zero-order valence-corrected chi connectivity index (χ0v) is 12.1. The van der Waals surface area contributed by atoms with Gasteiger partial charge in [-0.3, -0.25) is 0 Å². The molecule has 5 heteroatoms. The third-order valence-electron chi connectivity index (χ3n) is 3.31. The Morgan fingerprint density at radius 3 is 2.74 bits per heavy atom. The fraction of sp³-hybridized carbons (Fsp3) is 0.714. The summed E-state index contributed by atoms with van der Waals surface area (Å²) in [5.74, 6) is 2.63. The molecule has 0 radical (unpaired) electrons. The van der Waals surface area contributed by atoms with Crippen molar-refractivity contribution in [1.29, 1.82) is 0 Å². The summed E-state index contributed by atoms with van der Waals surface area (Å²) in [5.41, 5.74) is -0.0267. The Labute approximate surface area is 115 Å². The van der Waals surface area contributed by atoms with Crippen LogP contribution >= 0.6 is 0 Å². The van der Waals surface area contributed by atoms with E-state index in [9.17, 15) is 0 Å². The van der Waals surface area contributed by atoms with E-state index in [0.29, 0.717) is 0 Å². The van der Waals surface area contributed by atoms with Crippen LogP contribution in [0.3, 0.4) is 0 Å². The Hall–Kier alpha value is -1.36. The van der Waals surface area contributed by atoms with Gasteiger partial charge in [0.25, 0.3) is 0 Å². The predicted molar refractivity (Wildman–Crippen MR) is 77.7 cm³/mol. The SMILES string of the molecule is CCNc1cc(NC2(C)CCCOC2)nc(CC)n1. The number of anilines is 2. The molecule has 0 amide bonds. The fourth-order valence-electron chi connectivity index (χ4n) is 2.33. The lowest BCUT2D eigenvalue weighted by Crippen LogP contribution is -2.43. The lowest BCUT2D eigenvalue weighted by Gasteiger charge is -2.34. The maximum atomic E-state index is 5.57. The largest absolute Gasteiger partial charge is 0.379 e. The van der Waals surface area contributed by atoms with Crippen molar-refractivity contribution in [3.05, 3.63) is 11.9 Å². The molecule has 1 saturated heterocycles. The summed E-state index contributed by atoms with van der Waals surface area (Å²) in [5, 5.41) is 6.76. The molecule has 1 fully saturated rings. The normalized spacial score (nSPS) is 23.1. The number of nitrogens with zero attached hydrogens (tertiary/aromatic N) is 2. The van der Waals surface area contributed by atoms with Gasteiger partial charge in [0.2, 0.25) is 0 Å². The first-order chi connectivity index (χ1) is 9.15. The van der Waals surface area contributed by atoms with Crippen LogP contribution in [-0.2, 0) is 11.2 Å². The molecule has 0 bridgehead atoms. The molecule has 5 nitrogen and oxygen atoms in total. The summed E-state index contributed by atoms with van der Waals surface area (Å²) in [6.45, 7) is 8.78.